The van der Waals surface area contributed by atoms with E-state index in [1.165, 1.54) is 6.20 Å². The van der Waals surface area contributed by atoms with Crippen LogP contribution in [0.5, 0.6) is 0 Å². The molecule has 2 heterocycles. The molecule has 4 heteroatoms. The minimum Gasteiger partial charge on any atom is -0.456 e. The summed E-state index contributed by atoms with van der Waals surface area (Å²) in [5, 5.41) is 1.80. The van der Waals surface area contributed by atoms with Crippen LogP contribution in [0.25, 0.3) is 49.2 Å². The van der Waals surface area contributed by atoms with Gasteiger partial charge in [0, 0.05) is 25.1 Å². The topological polar surface area (TPSA) is 21.4 Å². The number of fused-ring (bicyclic) bond motifs is 3. The van der Waals surface area contributed by atoms with Crippen LogP contribution in [0.3, 0.4) is 0 Å². The van der Waals surface area contributed by atoms with E-state index in [1.807, 2.05) is 43.3 Å². The lowest BCUT2D eigenvalue weighted by Crippen LogP contribution is -2.32. The third-order valence-corrected chi connectivity index (χ3v) is 6.06. The fourth-order valence-corrected chi connectivity index (χ4v) is 4.59. The zero-order valence-corrected chi connectivity index (χ0v) is 19.6. The van der Waals surface area contributed by atoms with Gasteiger partial charge in [0.1, 0.15) is 18.2 Å². The lowest BCUT2D eigenvalue weighted by molar-refractivity contribution is -0.662. The van der Waals surface area contributed by atoms with Crippen LogP contribution in [0.2, 0.25) is 0 Å². The molecular weight excluding hydrogens is 423 g/mol. The lowest BCUT2D eigenvalue weighted by atomic mass is 9.91. The van der Waals surface area contributed by atoms with Gasteiger partial charge < -0.3 is 4.42 Å². The Kier molecular flexibility index (Phi) is 4.83. The first-order valence-electron chi connectivity index (χ1n) is 12.3. The number of hydrogen-bond acceptors (Lipinski definition) is 1. The third kappa shape index (κ3) is 3.64. The van der Waals surface area contributed by atoms with Crippen LogP contribution in [0.4, 0.5) is 10.1 Å². The predicted molar refractivity (Wildman–Crippen MR) is 135 cm³/mol. The Morgan fingerprint density at radius 3 is 2.59 bits per heavy atom. The number of aryl methyl sites for hydroxylation is 2. The standard InChI is InChI=1S/C30H26FN2O/c1-18(2)13-21-15-26(33(5)17-25(21)31)28-19(3)14-24(20-9-7-6-8-10-20)29-23-12-11-22(32-4)16-27(23)34-30(28)29/h6-12,14-18H,13H2,1-3,5H3/q+1/i13D2. The van der Waals surface area contributed by atoms with E-state index in [0.717, 1.165) is 33.0 Å². The summed E-state index contributed by atoms with van der Waals surface area (Å²) in [7, 11) is 1.75. The molecule has 0 aliphatic rings. The van der Waals surface area contributed by atoms with Gasteiger partial charge in [0.2, 0.25) is 11.9 Å². The van der Waals surface area contributed by atoms with Crippen molar-refractivity contribution in [2.75, 3.05) is 0 Å². The quantitative estimate of drug-likeness (QED) is 0.201. The average Bonchev–Trinajstić information content (AvgIpc) is 3.22. The van der Waals surface area contributed by atoms with Crippen molar-refractivity contribution >= 4 is 27.6 Å². The first kappa shape index (κ1) is 19.5. The summed E-state index contributed by atoms with van der Waals surface area (Å²) in [5.74, 6) is -0.992. The number of halogens is 1. The monoisotopic (exact) mass is 451 g/mol. The van der Waals surface area contributed by atoms with Crippen molar-refractivity contribution in [3.8, 4) is 22.4 Å². The largest absolute Gasteiger partial charge is 0.456 e. The predicted octanol–water partition coefficient (Wildman–Crippen LogP) is 7.94. The highest BCUT2D eigenvalue weighted by Gasteiger charge is 2.25. The van der Waals surface area contributed by atoms with Gasteiger partial charge in [-0.25, -0.2) is 9.24 Å². The van der Waals surface area contributed by atoms with Gasteiger partial charge in [-0.2, -0.15) is 4.57 Å². The van der Waals surface area contributed by atoms with Crippen LogP contribution in [0.1, 0.15) is 27.7 Å². The second kappa shape index (κ2) is 8.43. The van der Waals surface area contributed by atoms with E-state index >= 15 is 4.39 Å². The van der Waals surface area contributed by atoms with Gasteiger partial charge in [-0.15, -0.1) is 0 Å². The van der Waals surface area contributed by atoms with Crippen molar-refractivity contribution in [3.05, 3.63) is 95.2 Å². The number of nitrogens with zero attached hydrogens (tertiary/aromatic N) is 2. The van der Waals surface area contributed by atoms with Gasteiger partial charge in [0.05, 0.1) is 12.1 Å². The Bertz CT molecular complexity index is 1680. The van der Waals surface area contributed by atoms with Crippen molar-refractivity contribution < 1.29 is 16.1 Å². The van der Waals surface area contributed by atoms with Crippen LogP contribution >= 0.6 is 0 Å². The molecule has 0 aliphatic carbocycles. The van der Waals surface area contributed by atoms with Crippen LogP contribution < -0.4 is 4.57 Å². The van der Waals surface area contributed by atoms with E-state index in [1.54, 1.807) is 43.7 Å². The molecule has 3 aromatic carbocycles. The van der Waals surface area contributed by atoms with Gasteiger partial charge in [-0.3, -0.25) is 0 Å². The minimum atomic E-state index is -1.84. The van der Waals surface area contributed by atoms with E-state index in [0.29, 0.717) is 22.5 Å². The number of hydrogen-bond donors (Lipinski definition) is 0. The maximum absolute atomic E-state index is 15.0. The maximum Gasteiger partial charge on any atom is 0.216 e. The molecule has 0 spiro atoms. The van der Waals surface area contributed by atoms with Crippen LogP contribution in [0, 0.1) is 25.2 Å². The molecule has 34 heavy (non-hydrogen) atoms. The zero-order chi connectivity index (χ0) is 25.8. The van der Waals surface area contributed by atoms with Crippen molar-refractivity contribution in [2.45, 2.75) is 27.1 Å². The molecule has 5 rings (SSSR count). The van der Waals surface area contributed by atoms with Crippen molar-refractivity contribution in [1.82, 2.24) is 0 Å². The average molecular weight is 452 g/mol. The van der Waals surface area contributed by atoms with Gasteiger partial charge in [0.25, 0.3) is 0 Å². The fourth-order valence-electron chi connectivity index (χ4n) is 4.59. The zero-order valence-electron chi connectivity index (χ0n) is 21.6. The molecule has 0 fully saturated rings. The summed E-state index contributed by atoms with van der Waals surface area (Å²) in [6, 6.07) is 19.2. The Morgan fingerprint density at radius 2 is 1.88 bits per heavy atom. The van der Waals surface area contributed by atoms with Crippen molar-refractivity contribution in [3.63, 3.8) is 0 Å². The molecule has 0 N–H and O–H groups in total. The van der Waals surface area contributed by atoms with Gasteiger partial charge in [-0.05, 0) is 48.0 Å². The second-order valence-corrected chi connectivity index (χ2v) is 8.91. The molecule has 0 radical (unpaired) electrons. The number of aromatic nitrogens is 1. The molecule has 0 aliphatic heterocycles. The normalized spacial score (nSPS) is 12.7. The van der Waals surface area contributed by atoms with Crippen LogP contribution in [-0.2, 0) is 13.4 Å². The smallest absolute Gasteiger partial charge is 0.216 e. The Hall–Kier alpha value is -3.97. The van der Waals surface area contributed by atoms with Crippen LogP contribution in [0.15, 0.2) is 71.3 Å². The molecule has 0 unspecified atom stereocenters. The van der Waals surface area contributed by atoms with Crippen LogP contribution in [-0.4, -0.2) is 0 Å². The van der Waals surface area contributed by atoms with E-state index in [9.17, 15) is 0 Å². The molecule has 3 nitrogen and oxygen atoms in total. The molecule has 2 aromatic heterocycles. The summed E-state index contributed by atoms with van der Waals surface area (Å²) in [6.45, 7) is 12.9. The number of pyridine rings is 1. The summed E-state index contributed by atoms with van der Waals surface area (Å²) in [4.78, 5) is 3.55. The third-order valence-electron chi connectivity index (χ3n) is 6.06. The number of furan rings is 1. The summed E-state index contributed by atoms with van der Waals surface area (Å²) >= 11 is 0. The number of rotatable bonds is 4. The second-order valence-electron chi connectivity index (χ2n) is 8.91. The van der Waals surface area contributed by atoms with Gasteiger partial charge in [-0.1, -0.05) is 56.3 Å². The van der Waals surface area contributed by atoms with Crippen molar-refractivity contribution in [2.24, 2.45) is 13.0 Å². The first-order chi connectivity index (χ1) is 17.1. The van der Waals surface area contributed by atoms with Gasteiger partial charge >= 0.3 is 0 Å². The summed E-state index contributed by atoms with van der Waals surface area (Å²) < 4.78 is 40.3. The van der Waals surface area contributed by atoms with Gasteiger partial charge in [0.15, 0.2) is 11.5 Å². The van der Waals surface area contributed by atoms with E-state index < -0.39 is 18.1 Å². The van der Waals surface area contributed by atoms with Crippen molar-refractivity contribution in [1.29, 1.82) is 0 Å². The highest BCUT2D eigenvalue weighted by molar-refractivity contribution is 6.17. The Labute approximate surface area is 201 Å². The molecule has 0 saturated heterocycles. The molecule has 0 atom stereocenters. The first-order valence-corrected chi connectivity index (χ1v) is 11.3. The molecule has 5 aromatic rings. The maximum atomic E-state index is 15.0. The van der Waals surface area contributed by atoms with E-state index in [-0.39, 0.29) is 5.56 Å². The molecular formula is C30H26FN2O+. The lowest BCUT2D eigenvalue weighted by Gasteiger charge is -2.12. The Balaban J connectivity index is 1.91. The van der Waals surface area contributed by atoms with E-state index in [2.05, 4.69) is 10.9 Å². The molecule has 0 saturated carbocycles. The highest BCUT2D eigenvalue weighted by atomic mass is 19.1. The SMILES string of the molecule is [2H]C([2H])(c1cc(-c2c(C)cc(-c3ccccc3)c3c2oc2cc([N+]#[C-])ccc23)[n+](C)cc1F)C(C)C. The van der Waals surface area contributed by atoms with E-state index in [4.69, 9.17) is 13.7 Å². The summed E-state index contributed by atoms with van der Waals surface area (Å²) in [6.07, 6.45) is -0.510. The highest BCUT2D eigenvalue weighted by Crippen LogP contribution is 2.43. The molecule has 0 amide bonds. The number of benzene rings is 3. The summed E-state index contributed by atoms with van der Waals surface area (Å²) in [5.41, 5.74) is 6.13. The minimum absolute atomic E-state index is 0.0247. The fraction of sp³-hybridized carbons (Fsp3) is 0.200. The molecule has 0 bridgehead atoms. The Morgan fingerprint density at radius 1 is 1.12 bits per heavy atom. The molecule has 168 valence electrons.